The number of hydrogen-bond donors (Lipinski definition) is 0. The Hall–Kier alpha value is -7.81. The zero-order chi connectivity index (χ0) is 43.6. The SMILES string of the molecule is CC1(C)c2ccccc2-c2ccc(N(c3ccc4c(c3)C(C)(C)c3cc(-c5c6ccccc6c(-c6cccc7ccccc67)c6ccccc56)ccc3-4)c3cccc4cnccc34)cc21. The number of aromatic nitrogens is 1. The van der Waals surface area contributed by atoms with Crippen molar-refractivity contribution in [2.75, 3.05) is 4.90 Å². The fourth-order valence-electron chi connectivity index (χ4n) is 11.8. The molecule has 2 heteroatoms. The van der Waals surface area contributed by atoms with Gasteiger partial charge in [0.25, 0.3) is 0 Å². The Morgan fingerprint density at radius 1 is 0.354 bits per heavy atom. The highest BCUT2D eigenvalue weighted by Gasteiger charge is 2.38. The molecule has 0 amide bonds. The molecule has 13 rings (SSSR count). The molecule has 2 aliphatic rings. The molecular weight excluding hydrogens is 785 g/mol. The van der Waals surface area contributed by atoms with E-state index in [1.54, 1.807) is 0 Å². The van der Waals surface area contributed by atoms with Crippen LogP contribution in [0.25, 0.3) is 87.6 Å². The molecule has 0 fully saturated rings. The van der Waals surface area contributed by atoms with E-state index in [-0.39, 0.29) is 10.8 Å². The van der Waals surface area contributed by atoms with Crippen LogP contribution >= 0.6 is 0 Å². The van der Waals surface area contributed by atoms with Gasteiger partial charge in [-0.2, -0.15) is 0 Å². The molecule has 0 N–H and O–H groups in total. The normalized spacial score (nSPS) is 14.1. The van der Waals surface area contributed by atoms with Crippen molar-refractivity contribution in [3.05, 3.63) is 229 Å². The molecule has 0 bridgehead atoms. The third kappa shape index (κ3) is 5.44. The maximum absolute atomic E-state index is 4.51. The Balaban J connectivity index is 0.974. The van der Waals surface area contributed by atoms with Gasteiger partial charge in [0.15, 0.2) is 0 Å². The minimum absolute atomic E-state index is 0.123. The topological polar surface area (TPSA) is 16.1 Å². The maximum Gasteiger partial charge on any atom is 0.0541 e. The molecule has 308 valence electrons. The quantitative estimate of drug-likeness (QED) is 0.161. The van der Waals surface area contributed by atoms with E-state index in [0.717, 1.165) is 22.4 Å². The summed E-state index contributed by atoms with van der Waals surface area (Å²) < 4.78 is 0. The van der Waals surface area contributed by atoms with Gasteiger partial charge < -0.3 is 4.90 Å². The van der Waals surface area contributed by atoms with Crippen LogP contribution < -0.4 is 4.90 Å². The second-order valence-corrected chi connectivity index (χ2v) is 19.1. The smallest absolute Gasteiger partial charge is 0.0541 e. The Bertz CT molecular complexity index is 3730. The molecule has 2 nitrogen and oxygen atoms in total. The zero-order valence-corrected chi connectivity index (χ0v) is 37.0. The number of nitrogens with zero attached hydrogens (tertiary/aromatic N) is 2. The van der Waals surface area contributed by atoms with E-state index < -0.39 is 0 Å². The fraction of sp³-hybridized carbons (Fsp3) is 0.0952. The van der Waals surface area contributed by atoms with Crippen LogP contribution in [0.5, 0.6) is 0 Å². The van der Waals surface area contributed by atoms with E-state index in [4.69, 9.17) is 0 Å². The molecule has 0 spiro atoms. The summed E-state index contributed by atoms with van der Waals surface area (Å²) in [5.41, 5.74) is 18.8. The summed E-state index contributed by atoms with van der Waals surface area (Å²) in [6.45, 7) is 9.55. The molecule has 65 heavy (non-hydrogen) atoms. The van der Waals surface area contributed by atoms with E-state index in [2.05, 4.69) is 232 Å². The predicted octanol–water partition coefficient (Wildman–Crippen LogP) is 17.1. The summed E-state index contributed by atoms with van der Waals surface area (Å²) in [6.07, 6.45) is 3.89. The van der Waals surface area contributed by atoms with E-state index >= 15 is 0 Å². The molecule has 0 aliphatic heterocycles. The van der Waals surface area contributed by atoms with E-state index in [1.807, 2.05) is 12.4 Å². The minimum atomic E-state index is -0.263. The van der Waals surface area contributed by atoms with Crippen LogP contribution in [-0.2, 0) is 10.8 Å². The van der Waals surface area contributed by atoms with Gasteiger partial charge in [0.1, 0.15) is 0 Å². The second kappa shape index (κ2) is 13.8. The minimum Gasteiger partial charge on any atom is -0.310 e. The molecule has 0 unspecified atom stereocenters. The van der Waals surface area contributed by atoms with Crippen molar-refractivity contribution in [1.82, 2.24) is 4.98 Å². The van der Waals surface area contributed by atoms with Crippen molar-refractivity contribution in [3.8, 4) is 44.5 Å². The van der Waals surface area contributed by atoms with Gasteiger partial charge in [-0.3, -0.25) is 4.98 Å². The summed E-state index contributed by atoms with van der Waals surface area (Å²) >= 11 is 0. The Morgan fingerprint density at radius 3 is 1.54 bits per heavy atom. The van der Waals surface area contributed by atoms with Crippen LogP contribution in [-0.4, -0.2) is 4.98 Å². The molecule has 0 atom stereocenters. The van der Waals surface area contributed by atoms with Crippen LogP contribution in [0.15, 0.2) is 207 Å². The lowest BCUT2D eigenvalue weighted by atomic mass is 9.80. The zero-order valence-electron chi connectivity index (χ0n) is 37.0. The van der Waals surface area contributed by atoms with Crippen LogP contribution in [0.1, 0.15) is 49.9 Å². The average Bonchev–Trinajstić information content (AvgIpc) is 3.71. The van der Waals surface area contributed by atoms with E-state index in [9.17, 15) is 0 Å². The van der Waals surface area contributed by atoms with Gasteiger partial charge in [0.2, 0.25) is 0 Å². The third-order valence-corrected chi connectivity index (χ3v) is 14.9. The third-order valence-electron chi connectivity index (χ3n) is 14.9. The molecule has 2 aliphatic carbocycles. The number of hydrogen-bond acceptors (Lipinski definition) is 2. The summed E-state index contributed by atoms with van der Waals surface area (Å²) in [7, 11) is 0. The predicted molar refractivity (Wildman–Crippen MR) is 275 cm³/mol. The number of anilines is 3. The summed E-state index contributed by atoms with van der Waals surface area (Å²) in [5, 5.41) is 9.90. The van der Waals surface area contributed by atoms with Crippen molar-refractivity contribution in [3.63, 3.8) is 0 Å². The first-order valence-corrected chi connectivity index (χ1v) is 22.9. The highest BCUT2D eigenvalue weighted by molar-refractivity contribution is 6.23. The molecule has 1 heterocycles. The van der Waals surface area contributed by atoms with Crippen molar-refractivity contribution >= 4 is 60.2 Å². The van der Waals surface area contributed by atoms with Gasteiger partial charge in [-0.25, -0.2) is 0 Å². The maximum atomic E-state index is 4.51. The van der Waals surface area contributed by atoms with Crippen molar-refractivity contribution < 1.29 is 0 Å². The van der Waals surface area contributed by atoms with Gasteiger partial charge in [-0.1, -0.05) is 179 Å². The fourth-order valence-corrected chi connectivity index (χ4v) is 11.8. The summed E-state index contributed by atoms with van der Waals surface area (Å²) in [4.78, 5) is 6.98. The lowest BCUT2D eigenvalue weighted by Gasteiger charge is -2.30. The largest absolute Gasteiger partial charge is 0.310 e. The summed E-state index contributed by atoms with van der Waals surface area (Å²) in [6, 6.07) is 72.7. The van der Waals surface area contributed by atoms with Crippen LogP contribution in [0.3, 0.4) is 0 Å². The lowest BCUT2D eigenvalue weighted by Crippen LogP contribution is -2.18. The number of rotatable bonds is 5. The molecule has 1 aromatic heterocycles. The molecular formula is C63H46N2. The van der Waals surface area contributed by atoms with Crippen molar-refractivity contribution in [1.29, 1.82) is 0 Å². The Morgan fingerprint density at radius 2 is 0.846 bits per heavy atom. The van der Waals surface area contributed by atoms with Gasteiger partial charge in [0.05, 0.1) is 5.69 Å². The van der Waals surface area contributed by atoms with Crippen LogP contribution in [0, 0.1) is 0 Å². The number of pyridine rings is 1. The highest BCUT2D eigenvalue weighted by atomic mass is 15.1. The van der Waals surface area contributed by atoms with E-state index in [0.29, 0.717) is 0 Å². The van der Waals surface area contributed by atoms with Crippen molar-refractivity contribution in [2.45, 2.75) is 38.5 Å². The standard InChI is InChI=1S/C63H46N2/c1-62(2)55-25-12-11-19-46(55)48-31-28-42(36-57(48)62)65(59-26-14-17-41-38-64-34-33-45(41)59)43-29-32-49-47-30-27-40(35-56(47)63(3,4)58(49)37-43)60-51-20-7-9-22-53(51)61(54-23-10-8-21-52(54)60)50-24-13-16-39-15-5-6-18-44(39)50/h5-38H,1-4H3. The second-order valence-electron chi connectivity index (χ2n) is 19.1. The Kier molecular flexibility index (Phi) is 8.03. The van der Waals surface area contributed by atoms with Gasteiger partial charge in [-0.15, -0.1) is 0 Å². The number of benzene rings is 10. The number of fused-ring (bicyclic) bond motifs is 10. The molecule has 11 aromatic rings. The highest BCUT2D eigenvalue weighted by Crippen LogP contribution is 2.55. The monoisotopic (exact) mass is 830 g/mol. The molecule has 0 saturated heterocycles. The molecule has 0 radical (unpaired) electrons. The van der Waals surface area contributed by atoms with E-state index in [1.165, 1.54) is 104 Å². The Labute approximate surface area is 380 Å². The first-order chi connectivity index (χ1) is 31.8. The molecule has 0 saturated carbocycles. The summed E-state index contributed by atoms with van der Waals surface area (Å²) in [5.74, 6) is 0. The van der Waals surface area contributed by atoms with Crippen LogP contribution in [0.4, 0.5) is 17.1 Å². The average molecular weight is 831 g/mol. The lowest BCUT2D eigenvalue weighted by molar-refractivity contribution is 0.660. The first kappa shape index (κ1) is 37.7. The molecule has 10 aromatic carbocycles. The van der Waals surface area contributed by atoms with Crippen LogP contribution in [0.2, 0.25) is 0 Å². The first-order valence-electron chi connectivity index (χ1n) is 22.9. The van der Waals surface area contributed by atoms with Gasteiger partial charge in [0, 0.05) is 45.4 Å². The van der Waals surface area contributed by atoms with Gasteiger partial charge >= 0.3 is 0 Å². The van der Waals surface area contributed by atoms with Crippen molar-refractivity contribution in [2.24, 2.45) is 0 Å². The van der Waals surface area contributed by atoms with Gasteiger partial charge in [-0.05, 0) is 142 Å².